The summed E-state index contributed by atoms with van der Waals surface area (Å²) < 4.78 is -2.36. The summed E-state index contributed by atoms with van der Waals surface area (Å²) in [5.74, 6) is 0. The molecule has 0 heterocycles. The fourth-order valence-electron chi connectivity index (χ4n) is 0. The van der Waals surface area contributed by atoms with Gasteiger partial charge in [-0.15, -0.1) is 0 Å². The molecule has 0 saturated carbocycles. The summed E-state index contributed by atoms with van der Waals surface area (Å²) in [7, 11) is 0. The summed E-state index contributed by atoms with van der Waals surface area (Å²) in [5, 5.41) is 0. The Bertz CT molecular complexity index is 62.7. The van der Waals surface area contributed by atoms with Gasteiger partial charge in [0, 0.05) is 0 Å². The Morgan fingerprint density at radius 1 is 0.571 bits per heavy atom. The fraction of sp³-hybridized carbons (Fsp3) is 0. The summed E-state index contributed by atoms with van der Waals surface area (Å²) in [6.45, 7) is 0. The second kappa shape index (κ2) is 2.79. The molecule has 0 aliphatic rings. The third-order valence-electron chi connectivity index (χ3n) is 0. The van der Waals surface area contributed by atoms with E-state index in [1.807, 2.05) is 0 Å². The summed E-state index contributed by atoms with van der Waals surface area (Å²) in [6.07, 6.45) is 0. The Hall–Kier alpha value is 5.07. The summed E-state index contributed by atoms with van der Waals surface area (Å²) >= 11 is 15.4. The van der Waals surface area contributed by atoms with Gasteiger partial charge in [0.1, 0.15) is 0 Å². The molecule has 0 atom stereocenters. The van der Waals surface area contributed by atoms with Gasteiger partial charge in [0.2, 0.25) is 0 Å². The standard InChI is InChI=1S/6HI.Mo/h6*1H;/q;;;;;;+6/p-6. The van der Waals surface area contributed by atoms with E-state index in [0.717, 1.165) is 0 Å². The topological polar surface area (TPSA) is 0 Å². The van der Waals surface area contributed by atoms with Crippen LogP contribution in [0.2, 0.25) is 0 Å². The van der Waals surface area contributed by atoms with E-state index in [1.54, 1.807) is 0 Å². The molecule has 0 aliphatic carbocycles. The minimum atomic E-state index is -2.36. The molecule has 0 aliphatic heterocycles. The van der Waals surface area contributed by atoms with Gasteiger partial charge >= 0.3 is 108 Å². The summed E-state index contributed by atoms with van der Waals surface area (Å²) in [5.41, 5.74) is 0. The number of rotatable bonds is 0. The number of halogens is 6. The molecule has 0 bridgehead atoms. The van der Waals surface area contributed by atoms with Crippen molar-refractivity contribution in [1.29, 1.82) is 0 Å². The monoisotopic (exact) mass is 859 g/mol. The van der Waals surface area contributed by atoms with Crippen molar-refractivity contribution in [3.8, 4) is 0 Å². The maximum atomic E-state index is 2.57. The van der Waals surface area contributed by atoms with Gasteiger partial charge in [-0.25, -0.2) is 0 Å². The van der Waals surface area contributed by atoms with Gasteiger partial charge in [0.05, 0.1) is 0 Å². The van der Waals surface area contributed by atoms with Gasteiger partial charge in [-0.1, -0.05) is 0 Å². The van der Waals surface area contributed by atoms with Crippen molar-refractivity contribution in [2.75, 3.05) is 0 Å². The van der Waals surface area contributed by atoms with Crippen LogP contribution in [0.15, 0.2) is 0 Å². The summed E-state index contributed by atoms with van der Waals surface area (Å²) in [6, 6.07) is 0. The molecule has 0 aromatic heterocycles. The molecule has 0 aromatic rings. The van der Waals surface area contributed by atoms with Crippen molar-refractivity contribution in [2.45, 2.75) is 0 Å². The first-order chi connectivity index (χ1) is 2.45. The van der Waals surface area contributed by atoms with Crippen molar-refractivity contribution < 1.29 is -8.53 Å². The molecule has 0 unspecified atom stereocenters. The van der Waals surface area contributed by atoms with Gasteiger partial charge in [0.25, 0.3) is 0 Å². The Kier molecular flexibility index (Phi) is 4.80. The zero-order valence-corrected chi connectivity index (χ0v) is 17.6. The normalized spacial score (nSPS) is 23.1. The van der Waals surface area contributed by atoms with Crippen molar-refractivity contribution in [2.24, 2.45) is 0 Å². The molecule has 7 heteroatoms. The van der Waals surface area contributed by atoms with E-state index < -0.39 is -8.53 Å². The van der Waals surface area contributed by atoms with Crippen molar-refractivity contribution in [3.05, 3.63) is 0 Å². The molecular formula is I6Mo. The third-order valence-corrected chi connectivity index (χ3v) is 0. The molecule has 0 amide bonds. The van der Waals surface area contributed by atoms with Crippen LogP contribution in [0.25, 0.3) is 0 Å². The van der Waals surface area contributed by atoms with Crippen LogP contribution in [0, 0.1) is 0 Å². The average Bonchev–Trinajstić information content (AvgIpc) is 0.592. The fourth-order valence-corrected chi connectivity index (χ4v) is 0. The van der Waals surface area contributed by atoms with Crippen LogP contribution >= 0.6 is 116 Å². The van der Waals surface area contributed by atoms with Crippen molar-refractivity contribution in [1.82, 2.24) is 0 Å². The second-order valence-electron chi connectivity index (χ2n) is 0.875. The van der Waals surface area contributed by atoms with Gasteiger partial charge in [-0.2, -0.15) is 0 Å². The molecule has 0 spiro atoms. The SMILES string of the molecule is [I][Mo]([I])([I])([I])([I])[I]. The first-order valence-electron chi connectivity index (χ1n) is 0.926. The molecule has 0 saturated heterocycles. The molecule has 48 valence electrons. The van der Waals surface area contributed by atoms with E-state index in [2.05, 4.69) is 116 Å². The number of hydrogen-bond donors (Lipinski definition) is 0. The predicted molar refractivity (Wildman–Crippen MR) is 84.1 cm³/mol. The Balaban J connectivity index is 4.43. The molecular weight excluding hydrogens is 857 g/mol. The van der Waals surface area contributed by atoms with Crippen molar-refractivity contribution >= 4 is 116 Å². The number of hydrogen-bond acceptors (Lipinski definition) is 0. The van der Waals surface area contributed by atoms with Crippen molar-refractivity contribution in [3.63, 3.8) is 0 Å². The minimum absolute atomic E-state index is 2.36. The molecule has 0 rings (SSSR count). The van der Waals surface area contributed by atoms with Crippen LogP contribution in [0.4, 0.5) is 0 Å². The van der Waals surface area contributed by atoms with Crippen LogP contribution in [0.3, 0.4) is 0 Å². The zero-order chi connectivity index (χ0) is 6.41. The predicted octanol–water partition coefficient (Wildman–Crippen LogP) is 5.31. The van der Waals surface area contributed by atoms with Crippen LogP contribution < -0.4 is 0 Å². The second-order valence-corrected chi connectivity index (χ2v) is 233. The van der Waals surface area contributed by atoms with Crippen LogP contribution in [0.1, 0.15) is 0 Å². The quantitative estimate of drug-likeness (QED) is 0.229. The van der Waals surface area contributed by atoms with Gasteiger partial charge in [-0.05, 0) is 0 Å². The van der Waals surface area contributed by atoms with E-state index in [4.69, 9.17) is 0 Å². The van der Waals surface area contributed by atoms with Crippen LogP contribution in [-0.4, -0.2) is 0 Å². The van der Waals surface area contributed by atoms with Gasteiger partial charge in [0.15, 0.2) is 0 Å². The average molecular weight is 857 g/mol. The first kappa shape index (κ1) is 12.1. The molecule has 0 N–H and O–H groups in total. The third kappa shape index (κ3) is 35.4. The first-order valence-corrected chi connectivity index (χ1v) is 36.7. The molecule has 0 nitrogen and oxygen atoms in total. The van der Waals surface area contributed by atoms with Crippen LogP contribution in [-0.2, 0) is -8.53 Å². The van der Waals surface area contributed by atoms with E-state index in [0.29, 0.717) is 0 Å². The van der Waals surface area contributed by atoms with Gasteiger partial charge in [-0.3, -0.25) is 0 Å². The molecule has 0 aromatic carbocycles. The van der Waals surface area contributed by atoms with Crippen LogP contribution in [0.5, 0.6) is 0 Å². The van der Waals surface area contributed by atoms with E-state index in [9.17, 15) is 0 Å². The summed E-state index contributed by atoms with van der Waals surface area (Å²) in [4.78, 5) is 0. The zero-order valence-electron chi connectivity index (χ0n) is 2.68. The van der Waals surface area contributed by atoms with Gasteiger partial charge < -0.3 is 0 Å². The van der Waals surface area contributed by atoms with E-state index in [-0.39, 0.29) is 0 Å². The Morgan fingerprint density at radius 2 is 0.571 bits per heavy atom. The Morgan fingerprint density at radius 3 is 0.571 bits per heavy atom. The molecule has 0 fully saturated rings. The molecule has 7 heavy (non-hydrogen) atoms. The van der Waals surface area contributed by atoms with E-state index >= 15 is 0 Å². The van der Waals surface area contributed by atoms with E-state index in [1.165, 1.54) is 0 Å². The molecule has 0 radical (unpaired) electrons. The Labute approximate surface area is 103 Å². The maximum absolute atomic E-state index is 2.57.